The molecule has 1 saturated heterocycles. The summed E-state index contributed by atoms with van der Waals surface area (Å²) >= 11 is 0. The molecule has 146 valence electrons. The molecule has 0 spiro atoms. The lowest BCUT2D eigenvalue weighted by Gasteiger charge is -2.28. The Bertz CT molecular complexity index is 868. The van der Waals surface area contributed by atoms with Gasteiger partial charge in [-0.3, -0.25) is 9.69 Å². The molecule has 2 aromatic rings. The standard InChI is InChI=1S/C19H18F3N5O/c20-19(21,22)15-4-5-17(24-12-15)27-8-6-26(7-9-27)13-18(28)25-16-3-1-2-14(10-16)11-23/h1-5,10,12H,6-9,13H2,(H,25,28)/p+2. The van der Waals surface area contributed by atoms with E-state index in [1.54, 1.807) is 24.3 Å². The van der Waals surface area contributed by atoms with Crippen LogP contribution >= 0.6 is 0 Å². The van der Waals surface area contributed by atoms with Crippen LogP contribution in [0.5, 0.6) is 0 Å². The van der Waals surface area contributed by atoms with Crippen LogP contribution in [0.2, 0.25) is 0 Å². The quantitative estimate of drug-likeness (QED) is 0.807. The first-order valence-electron chi connectivity index (χ1n) is 8.82. The van der Waals surface area contributed by atoms with E-state index in [1.807, 2.05) is 11.0 Å². The molecule has 1 aliphatic rings. The van der Waals surface area contributed by atoms with E-state index in [0.717, 1.165) is 17.2 Å². The lowest BCUT2D eigenvalue weighted by molar-refractivity contribution is -0.892. The second-order valence-corrected chi connectivity index (χ2v) is 6.61. The number of carbonyl (C=O) groups is 1. The molecular formula is C19H20F3N5O+2. The van der Waals surface area contributed by atoms with Gasteiger partial charge in [-0.05, 0) is 24.3 Å². The van der Waals surface area contributed by atoms with Crippen molar-refractivity contribution in [3.8, 4) is 6.07 Å². The van der Waals surface area contributed by atoms with Gasteiger partial charge in [-0.15, -0.1) is 0 Å². The summed E-state index contributed by atoms with van der Waals surface area (Å²) in [6.07, 6.45) is -3.39. The van der Waals surface area contributed by atoms with Crippen LogP contribution in [0.25, 0.3) is 0 Å². The van der Waals surface area contributed by atoms with Gasteiger partial charge < -0.3 is 10.2 Å². The Morgan fingerprint density at radius 3 is 2.61 bits per heavy atom. The fourth-order valence-electron chi connectivity index (χ4n) is 3.13. The number of benzene rings is 1. The number of piperazine rings is 1. The van der Waals surface area contributed by atoms with Crippen molar-refractivity contribution >= 4 is 17.4 Å². The fraction of sp³-hybridized carbons (Fsp3) is 0.316. The summed E-state index contributed by atoms with van der Waals surface area (Å²) in [7, 11) is 0. The van der Waals surface area contributed by atoms with E-state index in [4.69, 9.17) is 5.26 Å². The van der Waals surface area contributed by atoms with Gasteiger partial charge in [0.25, 0.3) is 11.7 Å². The Hall–Kier alpha value is -3.12. The Morgan fingerprint density at radius 1 is 1.25 bits per heavy atom. The Balaban J connectivity index is 1.50. The number of aromatic amines is 1. The molecule has 1 aliphatic heterocycles. The smallest absolute Gasteiger partial charge is 0.321 e. The zero-order valence-electron chi connectivity index (χ0n) is 15.0. The number of hydrogen-bond donors (Lipinski definition) is 2. The summed E-state index contributed by atoms with van der Waals surface area (Å²) < 4.78 is 37.9. The van der Waals surface area contributed by atoms with Gasteiger partial charge >= 0.3 is 6.18 Å². The Labute approximate surface area is 160 Å². The molecule has 0 bridgehead atoms. The maximum atomic E-state index is 12.6. The molecule has 2 heterocycles. The summed E-state index contributed by atoms with van der Waals surface area (Å²) in [4.78, 5) is 18.0. The first-order valence-corrected chi connectivity index (χ1v) is 8.82. The van der Waals surface area contributed by atoms with E-state index in [0.29, 0.717) is 49.8 Å². The molecule has 1 aromatic heterocycles. The predicted octanol–water partition coefficient (Wildman–Crippen LogP) is 0.735. The number of aromatic nitrogens is 1. The molecule has 3 rings (SSSR count). The summed E-state index contributed by atoms with van der Waals surface area (Å²) in [6, 6.07) is 11.2. The average molecular weight is 391 g/mol. The number of H-pyrrole nitrogens is 1. The molecule has 1 amide bonds. The number of nitrogens with one attached hydrogen (secondary N) is 3. The lowest BCUT2D eigenvalue weighted by Crippen LogP contribution is -3.15. The second-order valence-electron chi connectivity index (χ2n) is 6.61. The number of amides is 1. The zero-order valence-corrected chi connectivity index (χ0v) is 15.0. The number of quaternary nitrogens is 1. The van der Waals surface area contributed by atoms with Crippen LogP contribution in [0.15, 0.2) is 42.6 Å². The van der Waals surface area contributed by atoms with E-state index < -0.39 is 11.7 Å². The van der Waals surface area contributed by atoms with Crippen molar-refractivity contribution in [3.63, 3.8) is 0 Å². The van der Waals surface area contributed by atoms with Crippen molar-refractivity contribution in [3.05, 3.63) is 53.7 Å². The number of anilines is 2. The van der Waals surface area contributed by atoms with E-state index >= 15 is 0 Å². The van der Waals surface area contributed by atoms with Crippen LogP contribution in [0.4, 0.5) is 24.7 Å². The topological polar surface area (TPSA) is 74.7 Å². The summed E-state index contributed by atoms with van der Waals surface area (Å²) in [5.74, 6) is 0.490. The van der Waals surface area contributed by atoms with Crippen LogP contribution in [0.3, 0.4) is 0 Å². The van der Waals surface area contributed by atoms with Crippen molar-refractivity contribution in [2.24, 2.45) is 0 Å². The average Bonchev–Trinajstić information content (AvgIpc) is 2.68. The molecule has 0 radical (unpaired) electrons. The molecule has 3 N–H and O–H groups in total. The fourth-order valence-corrected chi connectivity index (χ4v) is 3.13. The highest BCUT2D eigenvalue weighted by atomic mass is 19.4. The molecule has 0 saturated carbocycles. The van der Waals surface area contributed by atoms with E-state index in [1.165, 1.54) is 6.07 Å². The highest BCUT2D eigenvalue weighted by molar-refractivity contribution is 5.91. The van der Waals surface area contributed by atoms with E-state index in [9.17, 15) is 18.0 Å². The first-order chi connectivity index (χ1) is 13.3. The van der Waals surface area contributed by atoms with Crippen molar-refractivity contribution in [2.45, 2.75) is 6.18 Å². The number of carbonyl (C=O) groups excluding carboxylic acids is 1. The minimum Gasteiger partial charge on any atom is -0.321 e. The number of pyridine rings is 1. The molecule has 0 unspecified atom stereocenters. The number of halogens is 3. The van der Waals surface area contributed by atoms with Gasteiger partial charge in [-0.25, -0.2) is 4.98 Å². The van der Waals surface area contributed by atoms with E-state index in [2.05, 4.69) is 10.3 Å². The summed E-state index contributed by atoms with van der Waals surface area (Å²) in [6.45, 7) is 2.95. The molecule has 28 heavy (non-hydrogen) atoms. The van der Waals surface area contributed by atoms with Gasteiger partial charge in [0.2, 0.25) is 0 Å². The second kappa shape index (κ2) is 8.27. The van der Waals surface area contributed by atoms with Gasteiger partial charge in [0.05, 0.1) is 17.2 Å². The molecule has 9 heteroatoms. The van der Waals surface area contributed by atoms with Gasteiger partial charge in [0.15, 0.2) is 6.54 Å². The minimum atomic E-state index is -4.36. The highest BCUT2D eigenvalue weighted by Crippen LogP contribution is 2.28. The maximum absolute atomic E-state index is 12.6. The number of nitriles is 1. The predicted molar refractivity (Wildman–Crippen MR) is 95.6 cm³/mol. The largest absolute Gasteiger partial charge is 0.419 e. The van der Waals surface area contributed by atoms with Gasteiger partial charge in [0, 0.05) is 11.8 Å². The Morgan fingerprint density at radius 2 is 2.00 bits per heavy atom. The molecule has 0 aliphatic carbocycles. The molecule has 6 nitrogen and oxygen atoms in total. The van der Waals surface area contributed by atoms with Crippen molar-refractivity contribution in [2.75, 3.05) is 42.9 Å². The number of nitrogens with zero attached hydrogens (tertiary/aromatic N) is 2. The summed E-state index contributed by atoms with van der Waals surface area (Å²) in [5, 5.41) is 11.7. The van der Waals surface area contributed by atoms with Gasteiger partial charge in [0.1, 0.15) is 32.4 Å². The number of rotatable bonds is 4. The normalized spacial score (nSPS) is 15.1. The Kier molecular flexibility index (Phi) is 5.80. The monoisotopic (exact) mass is 391 g/mol. The van der Waals surface area contributed by atoms with Crippen LogP contribution in [0.1, 0.15) is 11.1 Å². The third-order valence-electron chi connectivity index (χ3n) is 4.62. The van der Waals surface area contributed by atoms with Crippen molar-refractivity contribution < 1.29 is 27.8 Å². The maximum Gasteiger partial charge on any atom is 0.419 e. The zero-order chi connectivity index (χ0) is 20.1. The third-order valence-corrected chi connectivity index (χ3v) is 4.62. The van der Waals surface area contributed by atoms with Crippen molar-refractivity contribution in [1.29, 1.82) is 5.26 Å². The number of alkyl halides is 3. The van der Waals surface area contributed by atoms with Crippen LogP contribution in [0, 0.1) is 11.3 Å². The van der Waals surface area contributed by atoms with Gasteiger partial charge in [-0.2, -0.15) is 18.4 Å². The highest BCUT2D eigenvalue weighted by Gasteiger charge is 2.33. The van der Waals surface area contributed by atoms with Crippen LogP contribution < -0.4 is 20.1 Å². The first kappa shape index (κ1) is 19.6. The van der Waals surface area contributed by atoms with Gasteiger partial charge in [-0.1, -0.05) is 6.07 Å². The van der Waals surface area contributed by atoms with E-state index in [-0.39, 0.29) is 5.91 Å². The minimum absolute atomic E-state index is 0.139. The summed E-state index contributed by atoms with van der Waals surface area (Å²) in [5.41, 5.74) is 0.352. The number of hydrogen-bond acceptors (Lipinski definition) is 3. The molecule has 1 aromatic carbocycles. The van der Waals surface area contributed by atoms with Crippen LogP contribution in [-0.4, -0.2) is 38.6 Å². The lowest BCUT2D eigenvalue weighted by atomic mass is 10.2. The molecule has 1 fully saturated rings. The molecular weight excluding hydrogens is 371 g/mol. The van der Waals surface area contributed by atoms with Crippen LogP contribution in [-0.2, 0) is 11.0 Å². The van der Waals surface area contributed by atoms with Crippen molar-refractivity contribution in [1.82, 2.24) is 0 Å². The molecule has 0 atom stereocenters. The SMILES string of the molecule is N#Cc1cccc(NC(=O)C[NH+]2CCN(c3ccc(C(F)(F)F)c[nH+]3)CC2)c1. The third kappa shape index (κ3) is 4.98.